The number of nitrogens with zero attached hydrogens (tertiary/aromatic N) is 1. The summed E-state index contributed by atoms with van der Waals surface area (Å²) in [5.74, 6) is 0. The zero-order chi connectivity index (χ0) is 13.6. The summed E-state index contributed by atoms with van der Waals surface area (Å²) < 4.78 is 15.9. The van der Waals surface area contributed by atoms with E-state index >= 15 is 0 Å². The lowest BCUT2D eigenvalue weighted by Crippen LogP contribution is -2.07. The van der Waals surface area contributed by atoms with Crippen LogP contribution in [-0.4, -0.2) is 18.9 Å². The van der Waals surface area contributed by atoms with Crippen LogP contribution >= 0.6 is 8.53 Å². The van der Waals surface area contributed by atoms with Gasteiger partial charge in [-0.25, -0.2) is 4.76 Å². The summed E-state index contributed by atoms with van der Waals surface area (Å²) in [6.07, 6.45) is 0.945. The molecule has 20 heavy (non-hydrogen) atoms. The Hall–Kier alpha value is -1.54. The van der Waals surface area contributed by atoms with Crippen molar-refractivity contribution in [3.05, 3.63) is 71.8 Å². The van der Waals surface area contributed by atoms with Gasteiger partial charge in [-0.05, 0) is 6.42 Å². The second kappa shape index (κ2) is 6.76. The van der Waals surface area contributed by atoms with E-state index in [9.17, 15) is 0 Å². The van der Waals surface area contributed by atoms with Crippen LogP contribution < -0.4 is 0 Å². The minimum atomic E-state index is -1.17. The standard InChI is InChI=1S/C16H16NO2P/c1-3-8-14(9-4-1)16(15-10-5-2-6-11-15)17-20-18-12-7-13-19-20/h1-6,8-11H,7,12-13H2. The number of benzene rings is 2. The summed E-state index contributed by atoms with van der Waals surface area (Å²) in [4.78, 5) is 0. The van der Waals surface area contributed by atoms with Gasteiger partial charge >= 0.3 is 8.53 Å². The first-order valence-corrected chi connectivity index (χ1v) is 7.82. The molecule has 0 radical (unpaired) electrons. The average molecular weight is 285 g/mol. The van der Waals surface area contributed by atoms with E-state index in [2.05, 4.69) is 24.3 Å². The Morgan fingerprint density at radius 3 is 1.80 bits per heavy atom. The summed E-state index contributed by atoms with van der Waals surface area (Å²) in [6, 6.07) is 20.3. The van der Waals surface area contributed by atoms with E-state index < -0.39 is 8.53 Å². The fourth-order valence-electron chi connectivity index (χ4n) is 2.00. The van der Waals surface area contributed by atoms with E-state index in [1.807, 2.05) is 36.4 Å². The van der Waals surface area contributed by atoms with Gasteiger partial charge in [0.15, 0.2) is 0 Å². The van der Waals surface area contributed by atoms with Crippen LogP contribution in [0.4, 0.5) is 0 Å². The predicted molar refractivity (Wildman–Crippen MR) is 82.0 cm³/mol. The summed E-state index contributed by atoms with van der Waals surface area (Å²) in [5.41, 5.74) is 3.09. The summed E-state index contributed by atoms with van der Waals surface area (Å²) in [7, 11) is -1.17. The third-order valence-electron chi connectivity index (χ3n) is 2.97. The molecule has 1 fully saturated rings. The lowest BCUT2D eigenvalue weighted by molar-refractivity contribution is 0.182. The molecular formula is C16H16NO2P. The Bertz CT molecular complexity index is 524. The van der Waals surface area contributed by atoms with E-state index in [1.54, 1.807) is 0 Å². The van der Waals surface area contributed by atoms with Crippen LogP contribution in [0.5, 0.6) is 0 Å². The Labute approximate surface area is 120 Å². The van der Waals surface area contributed by atoms with E-state index in [0.29, 0.717) is 0 Å². The molecule has 2 aromatic rings. The molecular weight excluding hydrogens is 269 g/mol. The minimum absolute atomic E-state index is 0.728. The largest absolute Gasteiger partial charge is 0.316 e. The van der Waals surface area contributed by atoms with Gasteiger partial charge in [-0.3, -0.25) is 0 Å². The Morgan fingerprint density at radius 2 is 1.30 bits per heavy atom. The van der Waals surface area contributed by atoms with Gasteiger partial charge in [0.05, 0.1) is 18.9 Å². The highest BCUT2D eigenvalue weighted by Crippen LogP contribution is 2.43. The van der Waals surface area contributed by atoms with Crippen LogP contribution in [0.15, 0.2) is 65.4 Å². The second-order valence-electron chi connectivity index (χ2n) is 4.44. The normalized spacial score (nSPS) is 15.8. The van der Waals surface area contributed by atoms with Gasteiger partial charge in [-0.1, -0.05) is 60.7 Å². The van der Waals surface area contributed by atoms with Crippen LogP contribution in [-0.2, 0) is 9.05 Å². The molecule has 1 aliphatic rings. The van der Waals surface area contributed by atoms with Crippen molar-refractivity contribution in [2.75, 3.05) is 13.2 Å². The molecule has 0 atom stereocenters. The monoisotopic (exact) mass is 285 g/mol. The number of hydrogen-bond acceptors (Lipinski definition) is 3. The lowest BCUT2D eigenvalue weighted by atomic mass is 10.0. The molecule has 0 amide bonds. The average Bonchev–Trinajstić information content (AvgIpc) is 2.55. The van der Waals surface area contributed by atoms with Crippen molar-refractivity contribution in [2.24, 2.45) is 4.76 Å². The molecule has 102 valence electrons. The van der Waals surface area contributed by atoms with Crippen LogP contribution in [0.1, 0.15) is 17.5 Å². The first-order chi connectivity index (χ1) is 9.93. The van der Waals surface area contributed by atoms with Crippen LogP contribution in [0, 0.1) is 0 Å². The van der Waals surface area contributed by atoms with Gasteiger partial charge in [0.2, 0.25) is 0 Å². The molecule has 0 spiro atoms. The van der Waals surface area contributed by atoms with E-state index in [1.165, 1.54) is 0 Å². The molecule has 0 bridgehead atoms. The topological polar surface area (TPSA) is 30.8 Å². The zero-order valence-electron chi connectivity index (χ0n) is 11.1. The first-order valence-electron chi connectivity index (χ1n) is 6.69. The van der Waals surface area contributed by atoms with E-state index in [0.717, 1.165) is 36.5 Å². The number of rotatable bonds is 3. The molecule has 1 saturated heterocycles. The van der Waals surface area contributed by atoms with Crippen molar-refractivity contribution < 1.29 is 9.05 Å². The third kappa shape index (κ3) is 3.31. The van der Waals surface area contributed by atoms with Crippen molar-refractivity contribution in [2.45, 2.75) is 6.42 Å². The highest BCUT2D eigenvalue weighted by Gasteiger charge is 2.17. The van der Waals surface area contributed by atoms with Crippen molar-refractivity contribution in [1.29, 1.82) is 0 Å². The zero-order valence-corrected chi connectivity index (χ0v) is 12.0. The molecule has 0 saturated carbocycles. The molecule has 2 aromatic carbocycles. The van der Waals surface area contributed by atoms with E-state index in [4.69, 9.17) is 13.8 Å². The SMILES string of the molecule is c1ccc(C(=NP2OCCCO2)c2ccccc2)cc1. The summed E-state index contributed by atoms with van der Waals surface area (Å²) in [6.45, 7) is 1.46. The van der Waals surface area contributed by atoms with Gasteiger partial charge < -0.3 is 9.05 Å². The summed E-state index contributed by atoms with van der Waals surface area (Å²) in [5, 5.41) is 0. The van der Waals surface area contributed by atoms with Crippen LogP contribution in [0.25, 0.3) is 0 Å². The summed E-state index contributed by atoms with van der Waals surface area (Å²) >= 11 is 0. The fourth-order valence-corrected chi connectivity index (χ4v) is 3.15. The van der Waals surface area contributed by atoms with Crippen LogP contribution in [0.3, 0.4) is 0 Å². The highest BCUT2D eigenvalue weighted by molar-refractivity contribution is 7.46. The predicted octanol–water partition coefficient (Wildman–Crippen LogP) is 4.19. The van der Waals surface area contributed by atoms with Gasteiger partial charge in [-0.2, -0.15) is 0 Å². The highest BCUT2D eigenvalue weighted by atomic mass is 31.2. The maximum atomic E-state index is 5.61. The maximum absolute atomic E-state index is 5.61. The molecule has 0 unspecified atom stereocenters. The molecule has 0 aromatic heterocycles. The Balaban J connectivity index is 1.97. The Morgan fingerprint density at radius 1 is 0.800 bits per heavy atom. The van der Waals surface area contributed by atoms with Crippen molar-refractivity contribution in [3.63, 3.8) is 0 Å². The number of hydrogen-bond donors (Lipinski definition) is 0. The third-order valence-corrected chi connectivity index (χ3v) is 4.14. The molecule has 0 aliphatic carbocycles. The second-order valence-corrected chi connectivity index (χ2v) is 5.63. The lowest BCUT2D eigenvalue weighted by Gasteiger charge is -2.19. The Kier molecular flexibility index (Phi) is 4.54. The first kappa shape index (κ1) is 13.4. The maximum Gasteiger partial charge on any atom is 0.310 e. The molecule has 1 aliphatic heterocycles. The quantitative estimate of drug-likeness (QED) is 0.625. The fraction of sp³-hybridized carbons (Fsp3) is 0.188. The van der Waals surface area contributed by atoms with Crippen LogP contribution in [0.2, 0.25) is 0 Å². The van der Waals surface area contributed by atoms with Crippen molar-refractivity contribution >= 4 is 14.2 Å². The van der Waals surface area contributed by atoms with Gasteiger partial charge in [0, 0.05) is 11.1 Å². The molecule has 4 heteroatoms. The smallest absolute Gasteiger partial charge is 0.310 e. The van der Waals surface area contributed by atoms with Gasteiger partial charge in [0.25, 0.3) is 0 Å². The minimum Gasteiger partial charge on any atom is -0.316 e. The van der Waals surface area contributed by atoms with Gasteiger partial charge in [-0.15, -0.1) is 0 Å². The molecule has 0 N–H and O–H groups in total. The molecule has 1 heterocycles. The van der Waals surface area contributed by atoms with Crippen molar-refractivity contribution in [1.82, 2.24) is 0 Å². The molecule has 3 rings (SSSR count). The molecule has 3 nitrogen and oxygen atoms in total. The van der Waals surface area contributed by atoms with E-state index in [-0.39, 0.29) is 0 Å². The van der Waals surface area contributed by atoms with Crippen molar-refractivity contribution in [3.8, 4) is 0 Å². The van der Waals surface area contributed by atoms with Gasteiger partial charge in [0.1, 0.15) is 0 Å².